The topological polar surface area (TPSA) is 97.8 Å². The molecule has 2 rings (SSSR count). The molecule has 1 amide bonds. The summed E-state index contributed by atoms with van der Waals surface area (Å²) in [5, 5.41) is 2.44. The van der Waals surface area contributed by atoms with Gasteiger partial charge >= 0.3 is 17.8 Å². The predicted octanol–water partition coefficient (Wildman–Crippen LogP) is 0.891. The molecule has 0 bridgehead atoms. The SMILES string of the molecule is COC(=O)C(=O)Nc1cnc(N2CCC(C(=O)OC)CC2)c(C)c1. The minimum absolute atomic E-state index is 0.0647. The van der Waals surface area contributed by atoms with E-state index in [9.17, 15) is 14.4 Å². The van der Waals surface area contributed by atoms with Gasteiger partial charge in [0.15, 0.2) is 0 Å². The normalized spacial score (nSPS) is 14.9. The number of nitrogens with zero attached hydrogens (tertiary/aromatic N) is 2. The molecule has 0 unspecified atom stereocenters. The Bertz CT molecular complexity index is 639. The van der Waals surface area contributed by atoms with Crippen LogP contribution in [0.3, 0.4) is 0 Å². The van der Waals surface area contributed by atoms with E-state index < -0.39 is 11.9 Å². The fourth-order valence-corrected chi connectivity index (χ4v) is 2.74. The molecule has 1 saturated heterocycles. The minimum Gasteiger partial charge on any atom is -0.469 e. The Morgan fingerprint density at radius 2 is 1.88 bits per heavy atom. The second-order valence-corrected chi connectivity index (χ2v) is 5.59. The maximum Gasteiger partial charge on any atom is 0.396 e. The zero-order valence-corrected chi connectivity index (χ0v) is 14.0. The van der Waals surface area contributed by atoms with Gasteiger partial charge in [0.2, 0.25) is 0 Å². The van der Waals surface area contributed by atoms with Crippen molar-refractivity contribution in [2.24, 2.45) is 5.92 Å². The number of rotatable bonds is 3. The van der Waals surface area contributed by atoms with E-state index in [1.807, 2.05) is 6.92 Å². The van der Waals surface area contributed by atoms with Gasteiger partial charge in [0.25, 0.3) is 0 Å². The summed E-state index contributed by atoms with van der Waals surface area (Å²) >= 11 is 0. The third kappa shape index (κ3) is 4.01. The smallest absolute Gasteiger partial charge is 0.396 e. The van der Waals surface area contributed by atoms with Crippen molar-refractivity contribution < 1.29 is 23.9 Å². The maximum atomic E-state index is 11.6. The van der Waals surface area contributed by atoms with Crippen LogP contribution < -0.4 is 10.2 Å². The maximum absolute atomic E-state index is 11.6. The van der Waals surface area contributed by atoms with Gasteiger partial charge in [0, 0.05) is 13.1 Å². The lowest BCUT2D eigenvalue weighted by molar-refractivity contribution is -0.150. The van der Waals surface area contributed by atoms with Crippen molar-refractivity contribution in [2.75, 3.05) is 37.5 Å². The number of anilines is 2. The number of carbonyl (C=O) groups is 3. The van der Waals surface area contributed by atoms with Gasteiger partial charge in [-0.15, -0.1) is 0 Å². The van der Waals surface area contributed by atoms with E-state index in [-0.39, 0.29) is 11.9 Å². The van der Waals surface area contributed by atoms with Crippen molar-refractivity contribution in [2.45, 2.75) is 19.8 Å². The molecule has 2 heterocycles. The van der Waals surface area contributed by atoms with Gasteiger partial charge < -0.3 is 19.7 Å². The van der Waals surface area contributed by atoms with Crippen LogP contribution in [-0.2, 0) is 23.9 Å². The first-order valence-electron chi connectivity index (χ1n) is 7.65. The van der Waals surface area contributed by atoms with Crippen molar-refractivity contribution in [3.63, 3.8) is 0 Å². The number of hydrogen-bond donors (Lipinski definition) is 1. The van der Waals surface area contributed by atoms with Gasteiger partial charge in [0.1, 0.15) is 5.82 Å². The van der Waals surface area contributed by atoms with Crippen LogP contribution in [-0.4, -0.2) is 50.1 Å². The lowest BCUT2D eigenvalue weighted by atomic mass is 9.97. The number of amides is 1. The fourth-order valence-electron chi connectivity index (χ4n) is 2.74. The number of pyridine rings is 1. The second-order valence-electron chi connectivity index (χ2n) is 5.59. The number of piperidine rings is 1. The fraction of sp³-hybridized carbons (Fsp3) is 0.500. The zero-order valence-electron chi connectivity index (χ0n) is 14.0. The molecule has 8 heteroatoms. The molecule has 1 aromatic rings. The average Bonchev–Trinajstić information content (AvgIpc) is 2.60. The molecular weight excluding hydrogens is 314 g/mol. The van der Waals surface area contributed by atoms with Gasteiger partial charge in [-0.1, -0.05) is 0 Å². The van der Waals surface area contributed by atoms with Crippen molar-refractivity contribution in [3.05, 3.63) is 17.8 Å². The van der Waals surface area contributed by atoms with Crippen molar-refractivity contribution in [3.8, 4) is 0 Å². The van der Waals surface area contributed by atoms with Crippen molar-refractivity contribution >= 4 is 29.4 Å². The Balaban J connectivity index is 2.02. The number of ether oxygens (including phenoxy) is 2. The summed E-state index contributed by atoms with van der Waals surface area (Å²) in [6.45, 7) is 3.30. The molecule has 1 aliphatic rings. The molecule has 0 spiro atoms. The molecule has 1 fully saturated rings. The molecule has 0 atom stereocenters. The number of aryl methyl sites for hydroxylation is 1. The molecule has 0 radical (unpaired) electrons. The Morgan fingerprint density at radius 1 is 1.21 bits per heavy atom. The summed E-state index contributed by atoms with van der Waals surface area (Å²) in [6, 6.07) is 1.75. The second kappa shape index (κ2) is 7.76. The van der Waals surface area contributed by atoms with E-state index in [4.69, 9.17) is 4.74 Å². The van der Waals surface area contributed by atoms with Gasteiger partial charge in [-0.2, -0.15) is 0 Å². The first-order chi connectivity index (χ1) is 11.5. The van der Waals surface area contributed by atoms with Crippen LogP contribution in [0.4, 0.5) is 11.5 Å². The molecule has 0 aliphatic carbocycles. The third-order valence-corrected chi connectivity index (χ3v) is 4.01. The number of methoxy groups -OCH3 is 2. The van der Waals surface area contributed by atoms with Crippen LogP contribution in [0.2, 0.25) is 0 Å². The van der Waals surface area contributed by atoms with Crippen LogP contribution in [0, 0.1) is 12.8 Å². The average molecular weight is 335 g/mol. The summed E-state index contributed by atoms with van der Waals surface area (Å²) < 4.78 is 9.14. The van der Waals surface area contributed by atoms with E-state index in [2.05, 4.69) is 19.9 Å². The van der Waals surface area contributed by atoms with E-state index in [0.717, 1.165) is 18.5 Å². The number of nitrogens with one attached hydrogen (secondary N) is 1. The minimum atomic E-state index is -0.957. The molecule has 130 valence electrons. The zero-order chi connectivity index (χ0) is 17.7. The summed E-state index contributed by atoms with van der Waals surface area (Å²) in [5.74, 6) is -1.23. The van der Waals surface area contributed by atoms with Crippen LogP contribution in [0.15, 0.2) is 12.3 Å². The number of carbonyl (C=O) groups excluding carboxylic acids is 3. The van der Waals surface area contributed by atoms with E-state index in [0.29, 0.717) is 31.6 Å². The first-order valence-corrected chi connectivity index (χ1v) is 7.65. The van der Waals surface area contributed by atoms with E-state index in [1.165, 1.54) is 13.3 Å². The van der Waals surface area contributed by atoms with E-state index in [1.54, 1.807) is 6.07 Å². The molecule has 0 saturated carbocycles. The highest BCUT2D eigenvalue weighted by Gasteiger charge is 2.26. The Hall–Kier alpha value is -2.64. The molecule has 24 heavy (non-hydrogen) atoms. The molecule has 1 N–H and O–H groups in total. The highest BCUT2D eigenvalue weighted by molar-refractivity contribution is 6.37. The van der Waals surface area contributed by atoms with Gasteiger partial charge in [0.05, 0.1) is 32.0 Å². The van der Waals surface area contributed by atoms with Crippen molar-refractivity contribution in [1.82, 2.24) is 4.98 Å². The number of aromatic nitrogens is 1. The largest absolute Gasteiger partial charge is 0.469 e. The number of esters is 2. The van der Waals surface area contributed by atoms with Crippen LogP contribution in [0.1, 0.15) is 18.4 Å². The molecule has 0 aromatic carbocycles. The van der Waals surface area contributed by atoms with Gasteiger partial charge in [-0.25, -0.2) is 9.78 Å². The monoisotopic (exact) mass is 335 g/mol. The Morgan fingerprint density at radius 3 is 2.42 bits per heavy atom. The lowest BCUT2D eigenvalue weighted by Gasteiger charge is -2.32. The van der Waals surface area contributed by atoms with Crippen molar-refractivity contribution in [1.29, 1.82) is 0 Å². The molecule has 1 aromatic heterocycles. The van der Waals surface area contributed by atoms with E-state index >= 15 is 0 Å². The Kier molecular flexibility index (Phi) is 5.73. The highest BCUT2D eigenvalue weighted by atomic mass is 16.5. The van der Waals surface area contributed by atoms with Crippen LogP contribution in [0.25, 0.3) is 0 Å². The molecule has 1 aliphatic heterocycles. The summed E-state index contributed by atoms with van der Waals surface area (Å²) in [5.41, 5.74) is 1.30. The van der Waals surface area contributed by atoms with Crippen LogP contribution >= 0.6 is 0 Å². The van der Waals surface area contributed by atoms with Gasteiger partial charge in [-0.3, -0.25) is 9.59 Å². The standard InChI is InChI=1S/C16H21N3O5/c1-10-8-12(18-14(20)16(22)24-3)9-17-13(10)19-6-4-11(5-7-19)15(21)23-2/h8-9,11H,4-7H2,1-3H3,(H,18,20). The van der Waals surface area contributed by atoms with Crippen LogP contribution in [0.5, 0.6) is 0 Å². The quantitative estimate of drug-likeness (QED) is 0.647. The predicted molar refractivity (Wildman–Crippen MR) is 86.6 cm³/mol. The number of hydrogen-bond acceptors (Lipinski definition) is 7. The third-order valence-electron chi connectivity index (χ3n) is 4.01. The van der Waals surface area contributed by atoms with Gasteiger partial charge in [-0.05, 0) is 31.4 Å². The first kappa shape index (κ1) is 17.7. The molecule has 8 nitrogen and oxygen atoms in total. The summed E-state index contributed by atoms with van der Waals surface area (Å²) in [7, 11) is 2.55. The molecular formula is C16H21N3O5. The highest BCUT2D eigenvalue weighted by Crippen LogP contribution is 2.26. The summed E-state index contributed by atoms with van der Waals surface area (Å²) in [4.78, 5) is 40.7. The lowest BCUT2D eigenvalue weighted by Crippen LogP contribution is -2.37. The Labute approximate surface area is 140 Å². The summed E-state index contributed by atoms with van der Waals surface area (Å²) in [6.07, 6.45) is 2.93.